The number of rotatable bonds is 9. The van der Waals surface area contributed by atoms with Crippen molar-refractivity contribution < 1.29 is 22.5 Å². The number of carbonyl (C=O) groups is 2. The van der Waals surface area contributed by atoms with Crippen molar-refractivity contribution in [2.24, 2.45) is 0 Å². The van der Waals surface area contributed by atoms with E-state index in [9.17, 15) is 18.0 Å². The van der Waals surface area contributed by atoms with Gasteiger partial charge in [-0.2, -0.15) is 0 Å². The fraction of sp³-hybridized carbons (Fsp3) is 0.211. The first-order valence-corrected chi connectivity index (χ1v) is 12.5. The minimum atomic E-state index is -3.75. The third-order valence-electron chi connectivity index (χ3n) is 3.92. The van der Waals surface area contributed by atoms with Crippen LogP contribution in [0.1, 0.15) is 12.7 Å². The highest BCUT2D eigenvalue weighted by molar-refractivity contribution is 8.01. The topological polar surface area (TPSA) is 130 Å². The summed E-state index contributed by atoms with van der Waals surface area (Å²) >= 11 is 2.23. The summed E-state index contributed by atoms with van der Waals surface area (Å²) in [6.07, 6.45) is 0. The van der Waals surface area contributed by atoms with E-state index in [2.05, 4.69) is 20.5 Å². The van der Waals surface area contributed by atoms with Gasteiger partial charge in [0, 0.05) is 6.07 Å². The van der Waals surface area contributed by atoms with Crippen molar-refractivity contribution in [2.45, 2.75) is 23.3 Å². The minimum absolute atomic E-state index is 0.00155. The zero-order valence-corrected chi connectivity index (χ0v) is 19.1. The zero-order chi connectivity index (χ0) is 22.4. The van der Waals surface area contributed by atoms with E-state index in [1.165, 1.54) is 6.07 Å². The minimum Gasteiger partial charge on any atom is -0.360 e. The van der Waals surface area contributed by atoms with Gasteiger partial charge in [0.25, 0.3) is 10.0 Å². The van der Waals surface area contributed by atoms with Crippen LogP contribution in [0.25, 0.3) is 0 Å². The molecule has 0 saturated carbocycles. The van der Waals surface area contributed by atoms with E-state index >= 15 is 0 Å². The number of hydrogen-bond donors (Lipinski definition) is 3. The number of aromatic nitrogens is 1. The summed E-state index contributed by atoms with van der Waals surface area (Å²) in [6, 6.07) is 11.2. The molecular weight excluding hydrogens is 460 g/mol. The second-order valence-electron chi connectivity index (χ2n) is 6.40. The van der Waals surface area contributed by atoms with Crippen LogP contribution in [-0.2, 0) is 19.6 Å². The van der Waals surface area contributed by atoms with Gasteiger partial charge in [-0.1, -0.05) is 23.4 Å². The van der Waals surface area contributed by atoms with Gasteiger partial charge in [0.05, 0.1) is 22.4 Å². The van der Waals surface area contributed by atoms with Crippen LogP contribution in [0.2, 0.25) is 0 Å². The number of carbonyl (C=O) groups excluding carboxylic acids is 2. The van der Waals surface area contributed by atoms with Crippen molar-refractivity contribution in [1.29, 1.82) is 0 Å². The molecule has 31 heavy (non-hydrogen) atoms. The largest absolute Gasteiger partial charge is 0.360 e. The number of thioether (sulfide) groups is 1. The summed E-state index contributed by atoms with van der Waals surface area (Å²) < 4.78 is 32.5. The number of amides is 2. The lowest BCUT2D eigenvalue weighted by molar-refractivity contribution is -0.115. The number of aryl methyl sites for hydroxylation is 1. The molecule has 1 atom stereocenters. The number of para-hydroxylation sites is 2. The molecule has 0 fully saturated rings. The number of nitrogens with one attached hydrogen (secondary N) is 3. The Labute approximate surface area is 187 Å². The number of hydrogen-bond acceptors (Lipinski definition) is 8. The van der Waals surface area contributed by atoms with Gasteiger partial charge in [0.15, 0.2) is 5.82 Å². The van der Waals surface area contributed by atoms with Crippen LogP contribution in [-0.4, -0.2) is 36.4 Å². The van der Waals surface area contributed by atoms with E-state index in [0.29, 0.717) is 17.3 Å². The second-order valence-corrected chi connectivity index (χ2v) is 10.6. The monoisotopic (exact) mass is 480 g/mol. The zero-order valence-electron chi connectivity index (χ0n) is 16.6. The van der Waals surface area contributed by atoms with Gasteiger partial charge in [-0.05, 0) is 37.4 Å². The molecule has 12 heteroatoms. The molecule has 0 bridgehead atoms. The van der Waals surface area contributed by atoms with E-state index < -0.39 is 15.3 Å². The van der Waals surface area contributed by atoms with Gasteiger partial charge in [-0.25, -0.2) is 8.42 Å². The summed E-state index contributed by atoms with van der Waals surface area (Å²) in [5.74, 6) is 0.202. The Balaban J connectivity index is 1.56. The Hall–Kier alpha value is -2.83. The molecule has 2 aromatic heterocycles. The van der Waals surface area contributed by atoms with Crippen LogP contribution < -0.4 is 15.4 Å². The van der Waals surface area contributed by atoms with Crippen LogP contribution in [0.4, 0.5) is 17.2 Å². The summed E-state index contributed by atoms with van der Waals surface area (Å²) in [6.45, 7) is 3.38. The maximum atomic E-state index is 12.5. The van der Waals surface area contributed by atoms with Crippen molar-refractivity contribution in [3.8, 4) is 0 Å². The predicted molar refractivity (Wildman–Crippen MR) is 122 cm³/mol. The quantitative estimate of drug-likeness (QED) is 0.427. The lowest BCUT2D eigenvalue weighted by atomic mass is 10.3. The Morgan fingerprint density at radius 2 is 1.90 bits per heavy atom. The third-order valence-corrected chi connectivity index (χ3v) is 7.82. The molecule has 2 heterocycles. The summed E-state index contributed by atoms with van der Waals surface area (Å²) in [5.41, 5.74) is 0.574. The van der Waals surface area contributed by atoms with E-state index in [1.807, 2.05) is 0 Å². The molecule has 3 N–H and O–H groups in total. The average molecular weight is 481 g/mol. The molecule has 164 valence electrons. The molecule has 9 nitrogen and oxygen atoms in total. The van der Waals surface area contributed by atoms with Crippen molar-refractivity contribution in [1.82, 2.24) is 5.16 Å². The molecule has 0 saturated heterocycles. The van der Waals surface area contributed by atoms with Crippen LogP contribution in [0.5, 0.6) is 0 Å². The fourth-order valence-electron chi connectivity index (χ4n) is 2.41. The van der Waals surface area contributed by atoms with Gasteiger partial charge >= 0.3 is 0 Å². The molecule has 0 unspecified atom stereocenters. The van der Waals surface area contributed by atoms with E-state index in [0.717, 1.165) is 23.1 Å². The lowest BCUT2D eigenvalue weighted by Crippen LogP contribution is -2.25. The molecule has 3 aromatic rings. The van der Waals surface area contributed by atoms with Crippen LogP contribution in [0, 0.1) is 6.92 Å². The Kier molecular flexibility index (Phi) is 7.36. The molecule has 2 amide bonds. The Morgan fingerprint density at radius 3 is 2.55 bits per heavy atom. The standard InChI is InChI=1S/C19H20N4O5S3/c1-12-10-16(22-28-12)21-19(25)13(2)30-11-17(24)20-14-6-3-4-7-15(14)23-31(26,27)18-8-5-9-29-18/h3-10,13,23H,11H2,1-2H3,(H,20,24)(H,21,22,25)/t13-/m1/s1. The molecule has 0 aliphatic rings. The maximum Gasteiger partial charge on any atom is 0.271 e. The predicted octanol–water partition coefficient (Wildman–Crippen LogP) is 3.54. The highest BCUT2D eigenvalue weighted by atomic mass is 32.2. The van der Waals surface area contributed by atoms with E-state index in [-0.39, 0.29) is 27.5 Å². The number of benzene rings is 1. The fourth-order valence-corrected chi connectivity index (χ4v) is 5.16. The normalized spacial score (nSPS) is 12.2. The lowest BCUT2D eigenvalue weighted by Gasteiger charge is -2.14. The van der Waals surface area contributed by atoms with Gasteiger partial charge in [0.2, 0.25) is 11.8 Å². The molecule has 0 spiro atoms. The highest BCUT2D eigenvalue weighted by Crippen LogP contribution is 2.26. The number of anilines is 3. The molecule has 3 rings (SSSR count). The SMILES string of the molecule is Cc1cc(NC(=O)[C@@H](C)SCC(=O)Nc2ccccc2NS(=O)(=O)c2cccs2)no1. The maximum absolute atomic E-state index is 12.5. The molecule has 0 aliphatic heterocycles. The first-order chi connectivity index (χ1) is 14.7. The second kappa shape index (κ2) is 9.98. The summed E-state index contributed by atoms with van der Waals surface area (Å²) in [5, 5.41) is 10.1. The van der Waals surface area contributed by atoms with Crippen LogP contribution in [0.15, 0.2) is 56.6 Å². The van der Waals surface area contributed by atoms with Gasteiger partial charge in [0.1, 0.15) is 9.97 Å². The molecule has 0 aliphatic carbocycles. The smallest absolute Gasteiger partial charge is 0.271 e. The van der Waals surface area contributed by atoms with Gasteiger partial charge in [-0.15, -0.1) is 23.1 Å². The summed E-state index contributed by atoms with van der Waals surface area (Å²) in [4.78, 5) is 24.6. The van der Waals surface area contributed by atoms with Crippen molar-refractivity contribution in [3.63, 3.8) is 0 Å². The number of sulfonamides is 1. The van der Waals surface area contributed by atoms with Crippen LogP contribution >= 0.6 is 23.1 Å². The first kappa shape index (κ1) is 22.8. The Bertz CT molecular complexity index is 1160. The van der Waals surface area contributed by atoms with Crippen molar-refractivity contribution in [3.05, 3.63) is 53.6 Å². The molecule has 1 aromatic carbocycles. The van der Waals surface area contributed by atoms with Crippen LogP contribution in [0.3, 0.4) is 0 Å². The van der Waals surface area contributed by atoms with Gasteiger partial charge < -0.3 is 15.2 Å². The van der Waals surface area contributed by atoms with E-state index in [1.54, 1.807) is 55.6 Å². The third kappa shape index (κ3) is 6.32. The van der Waals surface area contributed by atoms with Crippen molar-refractivity contribution in [2.75, 3.05) is 21.1 Å². The van der Waals surface area contributed by atoms with Gasteiger partial charge in [-0.3, -0.25) is 14.3 Å². The Morgan fingerprint density at radius 1 is 1.16 bits per heavy atom. The number of thiophene rings is 1. The summed E-state index contributed by atoms with van der Waals surface area (Å²) in [7, 11) is -3.75. The molecular formula is C19H20N4O5S3. The van der Waals surface area contributed by atoms with E-state index in [4.69, 9.17) is 4.52 Å². The molecule has 0 radical (unpaired) electrons. The average Bonchev–Trinajstić information content (AvgIpc) is 3.40. The highest BCUT2D eigenvalue weighted by Gasteiger charge is 2.19. The first-order valence-electron chi connectivity index (χ1n) is 9.05. The van der Waals surface area contributed by atoms with Crippen molar-refractivity contribution >= 4 is 62.1 Å². The number of nitrogens with zero attached hydrogens (tertiary/aromatic N) is 1.